The summed E-state index contributed by atoms with van der Waals surface area (Å²) in [5.74, 6) is 0.211. The monoisotopic (exact) mass is 420 g/mol. The molecule has 2 aromatic carbocycles. The van der Waals surface area contributed by atoms with E-state index in [1.807, 2.05) is 18.2 Å². The normalized spacial score (nSPS) is 16.2. The van der Waals surface area contributed by atoms with Crippen LogP contribution in [-0.4, -0.2) is 21.5 Å². The number of aromatic nitrogens is 3. The highest BCUT2D eigenvalue weighted by molar-refractivity contribution is 6.31. The molecule has 1 atom stereocenters. The summed E-state index contributed by atoms with van der Waals surface area (Å²) >= 11 is 6.28. The topological polar surface area (TPSA) is 44.8 Å². The first-order chi connectivity index (χ1) is 14.4. The second-order valence-electron chi connectivity index (χ2n) is 7.97. The van der Waals surface area contributed by atoms with Gasteiger partial charge in [0.15, 0.2) is 5.82 Å². The molecule has 0 bridgehead atoms. The van der Waals surface area contributed by atoms with Crippen molar-refractivity contribution in [3.63, 3.8) is 0 Å². The SMILES string of the molecule is Cc1ccc([C@H]2c3[nH]c4ccc(Cl)cc4c3CCN2c2nc(C)c(F)c(C)n2)cc1. The van der Waals surface area contributed by atoms with Gasteiger partial charge in [0.05, 0.1) is 17.4 Å². The summed E-state index contributed by atoms with van der Waals surface area (Å²) in [5, 5.41) is 1.88. The van der Waals surface area contributed by atoms with Crippen molar-refractivity contribution in [2.24, 2.45) is 0 Å². The predicted octanol–water partition coefficient (Wildman–Crippen LogP) is 5.83. The Balaban J connectivity index is 1.72. The lowest BCUT2D eigenvalue weighted by Crippen LogP contribution is -2.37. The van der Waals surface area contributed by atoms with Crippen LogP contribution < -0.4 is 4.90 Å². The second kappa shape index (κ2) is 7.10. The first kappa shape index (κ1) is 19.1. The number of nitrogens with one attached hydrogen (secondary N) is 1. The van der Waals surface area contributed by atoms with Gasteiger partial charge < -0.3 is 9.88 Å². The van der Waals surface area contributed by atoms with Crippen molar-refractivity contribution in [2.75, 3.05) is 11.4 Å². The molecule has 4 nitrogen and oxygen atoms in total. The molecule has 2 aromatic heterocycles. The maximum absolute atomic E-state index is 14.2. The van der Waals surface area contributed by atoms with Gasteiger partial charge in [-0.2, -0.15) is 0 Å². The van der Waals surface area contributed by atoms with Crippen LogP contribution in [0.1, 0.15) is 39.8 Å². The molecule has 0 spiro atoms. The maximum Gasteiger partial charge on any atom is 0.226 e. The number of hydrogen-bond acceptors (Lipinski definition) is 3. The van der Waals surface area contributed by atoms with E-state index in [9.17, 15) is 4.39 Å². The van der Waals surface area contributed by atoms with E-state index in [-0.39, 0.29) is 11.9 Å². The third-order valence-corrected chi connectivity index (χ3v) is 6.14. The number of benzene rings is 2. The Hall–Kier alpha value is -2.92. The Morgan fingerprint density at radius 2 is 1.73 bits per heavy atom. The van der Waals surface area contributed by atoms with Gasteiger partial charge in [-0.3, -0.25) is 0 Å². The van der Waals surface area contributed by atoms with Gasteiger partial charge in [-0.05, 0) is 56.5 Å². The number of aromatic amines is 1. The van der Waals surface area contributed by atoms with Crippen LogP contribution in [0.15, 0.2) is 42.5 Å². The molecule has 152 valence electrons. The minimum absolute atomic E-state index is 0.0928. The summed E-state index contributed by atoms with van der Waals surface area (Å²) in [5.41, 5.74) is 6.53. The molecule has 4 aromatic rings. The van der Waals surface area contributed by atoms with Gasteiger partial charge in [0.2, 0.25) is 5.95 Å². The lowest BCUT2D eigenvalue weighted by molar-refractivity contribution is 0.576. The number of hydrogen-bond donors (Lipinski definition) is 1. The number of fused-ring (bicyclic) bond motifs is 3. The molecule has 0 unspecified atom stereocenters. The molecule has 0 saturated heterocycles. The van der Waals surface area contributed by atoms with E-state index in [0.29, 0.717) is 17.3 Å². The maximum atomic E-state index is 14.2. The van der Waals surface area contributed by atoms with Crippen LogP contribution in [0.3, 0.4) is 0 Å². The van der Waals surface area contributed by atoms with E-state index in [0.717, 1.165) is 40.1 Å². The molecule has 0 aliphatic carbocycles. The Morgan fingerprint density at radius 1 is 1.03 bits per heavy atom. The van der Waals surface area contributed by atoms with Crippen LogP contribution >= 0.6 is 11.6 Å². The fraction of sp³-hybridized carbons (Fsp3) is 0.250. The zero-order valence-corrected chi connectivity index (χ0v) is 17.9. The fourth-order valence-corrected chi connectivity index (χ4v) is 4.56. The number of rotatable bonds is 2. The van der Waals surface area contributed by atoms with Crippen LogP contribution in [0.2, 0.25) is 5.02 Å². The van der Waals surface area contributed by atoms with E-state index >= 15 is 0 Å². The highest BCUT2D eigenvalue weighted by atomic mass is 35.5. The van der Waals surface area contributed by atoms with Crippen molar-refractivity contribution in [1.29, 1.82) is 0 Å². The quantitative estimate of drug-likeness (QED) is 0.444. The summed E-state index contributed by atoms with van der Waals surface area (Å²) in [6, 6.07) is 14.4. The summed E-state index contributed by atoms with van der Waals surface area (Å²) < 4.78 is 14.2. The molecule has 3 heterocycles. The van der Waals surface area contributed by atoms with Gasteiger partial charge in [-0.25, -0.2) is 14.4 Å². The summed E-state index contributed by atoms with van der Waals surface area (Å²) in [7, 11) is 0. The standard InChI is InChI=1S/C24H22ClFN4/c1-13-4-6-16(7-5-13)23-22-18(19-12-17(25)8-9-20(19)29-22)10-11-30(23)24-27-14(2)21(26)15(3)28-24/h4-9,12,23,29H,10-11H2,1-3H3/t23-/m0/s1. The Kier molecular flexibility index (Phi) is 4.51. The van der Waals surface area contributed by atoms with Gasteiger partial charge in [-0.15, -0.1) is 0 Å². The van der Waals surface area contributed by atoms with Crippen molar-refractivity contribution in [3.05, 3.63) is 87.1 Å². The average Bonchev–Trinajstić information content (AvgIpc) is 3.09. The minimum Gasteiger partial charge on any atom is -0.356 e. The number of anilines is 1. The lowest BCUT2D eigenvalue weighted by Gasteiger charge is -2.36. The van der Waals surface area contributed by atoms with Gasteiger partial charge >= 0.3 is 0 Å². The number of nitrogens with zero attached hydrogens (tertiary/aromatic N) is 3. The van der Waals surface area contributed by atoms with E-state index in [2.05, 4.69) is 51.0 Å². The predicted molar refractivity (Wildman–Crippen MR) is 119 cm³/mol. The lowest BCUT2D eigenvalue weighted by atomic mass is 9.92. The third kappa shape index (κ3) is 3.05. The fourth-order valence-electron chi connectivity index (χ4n) is 4.38. The molecular weight excluding hydrogens is 399 g/mol. The van der Waals surface area contributed by atoms with Crippen molar-refractivity contribution >= 4 is 28.5 Å². The van der Waals surface area contributed by atoms with E-state index in [4.69, 9.17) is 11.6 Å². The van der Waals surface area contributed by atoms with Crippen molar-refractivity contribution in [1.82, 2.24) is 15.0 Å². The van der Waals surface area contributed by atoms with Crippen LogP contribution in [0.5, 0.6) is 0 Å². The van der Waals surface area contributed by atoms with E-state index in [1.54, 1.807) is 13.8 Å². The minimum atomic E-state index is -0.344. The molecular formula is C24H22ClFN4. The summed E-state index contributed by atoms with van der Waals surface area (Å²) in [6.45, 7) is 6.19. The Morgan fingerprint density at radius 3 is 2.43 bits per heavy atom. The molecule has 30 heavy (non-hydrogen) atoms. The van der Waals surface area contributed by atoms with Gasteiger partial charge in [0, 0.05) is 28.2 Å². The van der Waals surface area contributed by atoms with Crippen LogP contribution in [0.4, 0.5) is 10.3 Å². The van der Waals surface area contributed by atoms with E-state index in [1.165, 1.54) is 11.1 Å². The zero-order chi connectivity index (χ0) is 21.0. The highest BCUT2D eigenvalue weighted by Gasteiger charge is 2.33. The Bertz CT molecular complexity index is 1240. The van der Waals surface area contributed by atoms with Gasteiger partial charge in [0.25, 0.3) is 0 Å². The largest absolute Gasteiger partial charge is 0.356 e. The Labute approximate surface area is 179 Å². The van der Waals surface area contributed by atoms with Crippen LogP contribution in [-0.2, 0) is 6.42 Å². The van der Waals surface area contributed by atoms with Gasteiger partial charge in [0.1, 0.15) is 0 Å². The zero-order valence-electron chi connectivity index (χ0n) is 17.1. The molecule has 0 saturated carbocycles. The summed E-state index contributed by atoms with van der Waals surface area (Å²) in [6.07, 6.45) is 0.830. The molecule has 0 amide bonds. The molecule has 1 aliphatic rings. The molecule has 5 rings (SSSR count). The molecule has 1 aliphatic heterocycles. The number of H-pyrrole nitrogens is 1. The van der Waals surface area contributed by atoms with Crippen LogP contribution in [0.25, 0.3) is 10.9 Å². The average molecular weight is 421 g/mol. The number of aryl methyl sites for hydroxylation is 3. The number of halogens is 2. The van der Waals surface area contributed by atoms with Crippen molar-refractivity contribution < 1.29 is 4.39 Å². The molecule has 1 N–H and O–H groups in total. The third-order valence-electron chi connectivity index (χ3n) is 5.91. The first-order valence-electron chi connectivity index (χ1n) is 10.1. The molecule has 0 fully saturated rings. The van der Waals surface area contributed by atoms with Crippen molar-refractivity contribution in [3.8, 4) is 0 Å². The molecule has 0 radical (unpaired) electrons. The smallest absolute Gasteiger partial charge is 0.226 e. The van der Waals surface area contributed by atoms with Crippen molar-refractivity contribution in [2.45, 2.75) is 33.2 Å². The highest BCUT2D eigenvalue weighted by Crippen LogP contribution is 2.40. The van der Waals surface area contributed by atoms with E-state index < -0.39 is 0 Å². The van der Waals surface area contributed by atoms with Crippen LogP contribution in [0, 0.1) is 26.6 Å². The van der Waals surface area contributed by atoms with Gasteiger partial charge in [-0.1, -0.05) is 41.4 Å². The summed E-state index contributed by atoms with van der Waals surface area (Å²) in [4.78, 5) is 14.8. The molecule has 6 heteroatoms. The second-order valence-corrected chi connectivity index (χ2v) is 8.41. The first-order valence-corrected chi connectivity index (χ1v) is 10.4.